The lowest BCUT2D eigenvalue weighted by atomic mass is 10.2. The number of aryl methyl sites for hydroxylation is 1. The number of hydrogen-bond donors (Lipinski definition) is 0. The second-order valence-corrected chi connectivity index (χ2v) is 4.30. The van der Waals surface area contributed by atoms with Crippen LogP contribution >= 0.6 is 15.9 Å². The molecule has 0 radical (unpaired) electrons. The monoisotopic (exact) mass is 300 g/mol. The molecule has 0 amide bonds. The maximum absolute atomic E-state index is 13.0. The van der Waals surface area contributed by atoms with Gasteiger partial charge in [-0.2, -0.15) is 5.10 Å². The van der Waals surface area contributed by atoms with Crippen LogP contribution in [0.25, 0.3) is 5.69 Å². The Labute approximate surface area is 106 Å². The lowest BCUT2D eigenvalue weighted by molar-refractivity contribution is 0.142. The molecule has 0 fully saturated rings. The average molecular weight is 301 g/mol. The summed E-state index contributed by atoms with van der Waals surface area (Å²) in [5, 5.41) is 4.40. The van der Waals surface area contributed by atoms with Crippen LogP contribution in [0.5, 0.6) is 0 Å². The lowest BCUT2D eigenvalue weighted by Gasteiger charge is -2.08. The van der Waals surface area contributed by atoms with Crippen LogP contribution in [0.3, 0.4) is 0 Å². The van der Waals surface area contributed by atoms with E-state index < -0.39 is 6.43 Å². The van der Waals surface area contributed by atoms with Crippen molar-refractivity contribution in [2.45, 2.75) is 18.7 Å². The minimum atomic E-state index is -2.54. The van der Waals surface area contributed by atoms with Gasteiger partial charge in [0.1, 0.15) is 5.69 Å². The van der Waals surface area contributed by atoms with E-state index in [0.29, 0.717) is 16.6 Å². The van der Waals surface area contributed by atoms with Gasteiger partial charge in [-0.25, -0.2) is 13.5 Å². The fraction of sp³-hybridized carbons (Fsp3) is 0.250. The van der Waals surface area contributed by atoms with Gasteiger partial charge in [-0.05, 0) is 24.6 Å². The van der Waals surface area contributed by atoms with Crippen molar-refractivity contribution in [3.05, 3.63) is 47.3 Å². The molecular formula is C12H11BrF2N2. The predicted octanol–water partition coefficient (Wildman–Crippen LogP) is 4.01. The highest BCUT2D eigenvalue weighted by molar-refractivity contribution is 9.08. The Morgan fingerprint density at radius 1 is 1.41 bits per heavy atom. The zero-order valence-electron chi connectivity index (χ0n) is 9.20. The molecular weight excluding hydrogens is 290 g/mol. The molecule has 0 unspecified atom stereocenters. The Hall–Kier alpha value is -1.23. The number of rotatable bonds is 3. The van der Waals surface area contributed by atoms with E-state index in [4.69, 9.17) is 0 Å². The molecule has 0 saturated carbocycles. The third-order valence-electron chi connectivity index (χ3n) is 2.48. The number of halogens is 3. The summed E-state index contributed by atoms with van der Waals surface area (Å²) in [7, 11) is 0. The molecule has 0 atom stereocenters. The molecule has 1 aromatic carbocycles. The van der Waals surface area contributed by atoms with E-state index in [-0.39, 0.29) is 5.69 Å². The molecule has 1 aromatic heterocycles. The topological polar surface area (TPSA) is 17.8 Å². The zero-order valence-corrected chi connectivity index (χ0v) is 10.8. The predicted molar refractivity (Wildman–Crippen MR) is 65.9 cm³/mol. The summed E-state index contributed by atoms with van der Waals surface area (Å²) in [4.78, 5) is 0. The normalized spacial score (nSPS) is 11.1. The second kappa shape index (κ2) is 4.96. The number of aromatic nitrogens is 2. The van der Waals surface area contributed by atoms with Gasteiger partial charge in [0, 0.05) is 10.9 Å². The molecule has 0 N–H and O–H groups in total. The fourth-order valence-electron chi connectivity index (χ4n) is 1.69. The van der Waals surface area contributed by atoms with E-state index in [1.165, 1.54) is 10.9 Å². The van der Waals surface area contributed by atoms with Crippen molar-refractivity contribution in [2.24, 2.45) is 0 Å². The molecule has 90 valence electrons. The molecule has 0 spiro atoms. The van der Waals surface area contributed by atoms with E-state index >= 15 is 0 Å². The summed E-state index contributed by atoms with van der Waals surface area (Å²) in [6, 6.07) is 7.34. The Bertz CT molecular complexity index is 523. The summed E-state index contributed by atoms with van der Waals surface area (Å²) < 4.78 is 27.3. The smallest absolute Gasteiger partial charge is 0.232 e. The van der Waals surface area contributed by atoms with Crippen molar-refractivity contribution < 1.29 is 8.78 Å². The molecule has 0 saturated heterocycles. The molecule has 2 aromatic rings. The van der Waals surface area contributed by atoms with Crippen LogP contribution in [0.1, 0.15) is 23.2 Å². The Morgan fingerprint density at radius 2 is 2.18 bits per heavy atom. The fourth-order valence-corrected chi connectivity index (χ4v) is 2.12. The van der Waals surface area contributed by atoms with E-state index in [1.807, 2.05) is 25.1 Å². The van der Waals surface area contributed by atoms with Crippen LogP contribution in [-0.4, -0.2) is 9.78 Å². The quantitative estimate of drug-likeness (QED) is 0.783. The Balaban J connectivity index is 2.56. The van der Waals surface area contributed by atoms with Gasteiger partial charge >= 0.3 is 0 Å². The van der Waals surface area contributed by atoms with Crippen LogP contribution in [0.4, 0.5) is 8.78 Å². The molecule has 5 heteroatoms. The summed E-state index contributed by atoms with van der Waals surface area (Å²) in [5.74, 6) is 0. The minimum Gasteiger partial charge on any atom is -0.232 e. The first-order chi connectivity index (χ1) is 8.13. The maximum atomic E-state index is 13.0. The highest BCUT2D eigenvalue weighted by atomic mass is 79.9. The summed E-state index contributed by atoms with van der Waals surface area (Å²) in [6.45, 7) is 1.92. The summed E-state index contributed by atoms with van der Waals surface area (Å²) in [6.07, 6.45) is -1.07. The first-order valence-corrected chi connectivity index (χ1v) is 6.23. The molecule has 0 aliphatic heterocycles. The molecule has 0 bridgehead atoms. The number of hydrogen-bond acceptors (Lipinski definition) is 1. The number of nitrogens with zero attached hydrogens (tertiary/aromatic N) is 2. The van der Waals surface area contributed by atoms with Gasteiger partial charge in [0.2, 0.25) is 0 Å². The summed E-state index contributed by atoms with van der Waals surface area (Å²) >= 11 is 3.19. The van der Waals surface area contributed by atoms with E-state index in [2.05, 4.69) is 21.0 Å². The first-order valence-electron chi connectivity index (χ1n) is 5.11. The van der Waals surface area contributed by atoms with Gasteiger partial charge in [0.25, 0.3) is 6.43 Å². The van der Waals surface area contributed by atoms with E-state index in [1.54, 1.807) is 6.07 Å². The van der Waals surface area contributed by atoms with Crippen LogP contribution in [-0.2, 0) is 5.33 Å². The second-order valence-electron chi connectivity index (χ2n) is 3.74. The maximum Gasteiger partial charge on any atom is 0.280 e. The van der Waals surface area contributed by atoms with Crippen LogP contribution in [0, 0.1) is 6.92 Å². The van der Waals surface area contributed by atoms with Crippen molar-refractivity contribution in [3.8, 4) is 5.69 Å². The summed E-state index contributed by atoms with van der Waals surface area (Å²) in [5.41, 5.74) is 2.14. The highest BCUT2D eigenvalue weighted by Crippen LogP contribution is 2.27. The number of benzene rings is 1. The molecule has 2 rings (SSSR count). The third kappa shape index (κ3) is 2.39. The third-order valence-corrected chi connectivity index (χ3v) is 3.09. The van der Waals surface area contributed by atoms with Crippen LogP contribution < -0.4 is 0 Å². The van der Waals surface area contributed by atoms with Crippen molar-refractivity contribution in [3.63, 3.8) is 0 Å². The lowest BCUT2D eigenvalue weighted by Crippen LogP contribution is -2.04. The molecule has 0 aliphatic rings. The standard InChI is InChI=1S/C12H11BrF2N2/c1-8-3-2-4-10(5-8)17-11(12(14)15)9(6-13)7-16-17/h2-5,7,12H,6H2,1H3. The van der Waals surface area contributed by atoms with Gasteiger partial charge in [-0.1, -0.05) is 28.1 Å². The van der Waals surface area contributed by atoms with Crippen LogP contribution in [0.2, 0.25) is 0 Å². The zero-order chi connectivity index (χ0) is 12.4. The minimum absolute atomic E-state index is 0.0486. The Kier molecular flexibility index (Phi) is 3.57. The van der Waals surface area contributed by atoms with Gasteiger partial charge < -0.3 is 0 Å². The van der Waals surface area contributed by atoms with Crippen molar-refractivity contribution in [1.82, 2.24) is 9.78 Å². The molecule has 2 nitrogen and oxygen atoms in total. The Morgan fingerprint density at radius 3 is 2.76 bits per heavy atom. The molecule has 0 aliphatic carbocycles. The van der Waals surface area contributed by atoms with Crippen molar-refractivity contribution >= 4 is 15.9 Å². The van der Waals surface area contributed by atoms with Gasteiger partial charge in [0.05, 0.1) is 11.9 Å². The average Bonchev–Trinajstić information content (AvgIpc) is 2.72. The van der Waals surface area contributed by atoms with Gasteiger partial charge in [-0.15, -0.1) is 0 Å². The van der Waals surface area contributed by atoms with E-state index in [9.17, 15) is 8.78 Å². The molecule has 1 heterocycles. The van der Waals surface area contributed by atoms with Crippen molar-refractivity contribution in [1.29, 1.82) is 0 Å². The van der Waals surface area contributed by atoms with Gasteiger partial charge in [0.15, 0.2) is 0 Å². The first kappa shape index (κ1) is 12.2. The molecule has 17 heavy (non-hydrogen) atoms. The SMILES string of the molecule is Cc1cccc(-n2ncc(CBr)c2C(F)F)c1. The highest BCUT2D eigenvalue weighted by Gasteiger charge is 2.20. The number of alkyl halides is 3. The van der Waals surface area contributed by atoms with Crippen molar-refractivity contribution in [2.75, 3.05) is 0 Å². The van der Waals surface area contributed by atoms with Crippen LogP contribution in [0.15, 0.2) is 30.5 Å². The van der Waals surface area contributed by atoms with Gasteiger partial charge in [-0.3, -0.25) is 0 Å². The largest absolute Gasteiger partial charge is 0.280 e. The van der Waals surface area contributed by atoms with E-state index in [0.717, 1.165) is 5.56 Å².